The average Bonchev–Trinajstić information content (AvgIpc) is 3.53. The van der Waals surface area contributed by atoms with Crippen molar-refractivity contribution in [1.29, 1.82) is 0 Å². The van der Waals surface area contributed by atoms with Crippen LogP contribution in [0, 0.1) is 0 Å². The summed E-state index contributed by atoms with van der Waals surface area (Å²) in [6, 6.07) is 20.0. The zero-order chi connectivity index (χ0) is 20.2. The minimum atomic E-state index is -0.272. The quantitative estimate of drug-likeness (QED) is 0.557. The Morgan fingerprint density at radius 3 is 2.17 bits per heavy atom. The fraction of sp³-hybridized carbons (Fsp3) is 0.348. The Balaban J connectivity index is 1.50. The number of nitrogens with one attached hydrogen (secondary N) is 1. The van der Waals surface area contributed by atoms with Gasteiger partial charge in [0.25, 0.3) is 0 Å². The van der Waals surface area contributed by atoms with Gasteiger partial charge in [0.1, 0.15) is 5.82 Å². The maximum absolute atomic E-state index is 13.1. The Bertz CT molecular complexity index is 914. The number of aromatic nitrogens is 3. The third-order valence-electron chi connectivity index (χ3n) is 5.21. The summed E-state index contributed by atoms with van der Waals surface area (Å²) in [7, 11) is 0. The van der Waals surface area contributed by atoms with Gasteiger partial charge in [-0.2, -0.15) is 0 Å². The first-order valence-electron chi connectivity index (χ1n) is 10.2. The van der Waals surface area contributed by atoms with Crippen LogP contribution in [0.4, 0.5) is 0 Å². The summed E-state index contributed by atoms with van der Waals surface area (Å²) < 4.78 is 2.15. The molecule has 1 aliphatic rings. The standard InChI is InChI=1S/C23H26N4OS/c1-3-27-21(19-14-15-19)25-26-23(27)29-16(2)22(28)24-20(17-10-6-4-7-11-17)18-12-8-5-9-13-18/h4-13,16,19-20H,3,14-15H2,1-2H3,(H,24,28)/t16-/m1/s1. The Kier molecular flexibility index (Phi) is 6.00. The van der Waals surface area contributed by atoms with E-state index in [1.807, 2.05) is 67.6 Å². The van der Waals surface area contributed by atoms with Crippen LogP contribution in [0.15, 0.2) is 65.8 Å². The van der Waals surface area contributed by atoms with E-state index in [-0.39, 0.29) is 17.2 Å². The predicted octanol–water partition coefficient (Wildman–Crippen LogP) is 4.56. The van der Waals surface area contributed by atoms with Gasteiger partial charge in [-0.1, -0.05) is 72.4 Å². The maximum Gasteiger partial charge on any atom is 0.234 e. The molecule has 1 saturated carbocycles. The van der Waals surface area contributed by atoms with Gasteiger partial charge in [-0.15, -0.1) is 10.2 Å². The first-order valence-corrected chi connectivity index (χ1v) is 11.0. The van der Waals surface area contributed by atoms with Crippen LogP contribution in [0.3, 0.4) is 0 Å². The fourth-order valence-electron chi connectivity index (χ4n) is 3.45. The van der Waals surface area contributed by atoms with Gasteiger partial charge in [0.05, 0.1) is 11.3 Å². The van der Waals surface area contributed by atoms with Crippen LogP contribution in [0.25, 0.3) is 0 Å². The summed E-state index contributed by atoms with van der Waals surface area (Å²) in [5.74, 6) is 1.60. The lowest BCUT2D eigenvalue weighted by Gasteiger charge is -2.22. The molecule has 1 fully saturated rings. The molecule has 2 aromatic carbocycles. The van der Waals surface area contributed by atoms with Crippen molar-refractivity contribution in [2.75, 3.05) is 0 Å². The van der Waals surface area contributed by atoms with E-state index >= 15 is 0 Å². The minimum Gasteiger partial charge on any atom is -0.344 e. The summed E-state index contributed by atoms with van der Waals surface area (Å²) in [5.41, 5.74) is 2.13. The molecule has 29 heavy (non-hydrogen) atoms. The number of hydrogen-bond acceptors (Lipinski definition) is 4. The van der Waals surface area contributed by atoms with Gasteiger partial charge < -0.3 is 9.88 Å². The number of rotatable bonds is 8. The van der Waals surface area contributed by atoms with Crippen molar-refractivity contribution in [2.45, 2.75) is 55.6 Å². The normalized spacial score (nSPS) is 14.7. The van der Waals surface area contributed by atoms with E-state index in [1.165, 1.54) is 24.6 Å². The van der Waals surface area contributed by atoms with Crippen LogP contribution in [0.2, 0.25) is 0 Å². The molecule has 1 N–H and O–H groups in total. The molecular formula is C23H26N4OS. The molecule has 0 aliphatic heterocycles. The molecule has 5 nitrogen and oxygen atoms in total. The van der Waals surface area contributed by atoms with Crippen LogP contribution in [0.1, 0.15) is 55.6 Å². The van der Waals surface area contributed by atoms with Crippen LogP contribution in [0.5, 0.6) is 0 Å². The molecular weight excluding hydrogens is 380 g/mol. The van der Waals surface area contributed by atoms with Gasteiger partial charge in [-0.25, -0.2) is 0 Å². The number of carbonyl (C=O) groups excluding carboxylic acids is 1. The van der Waals surface area contributed by atoms with Gasteiger partial charge >= 0.3 is 0 Å². The zero-order valence-electron chi connectivity index (χ0n) is 16.8. The van der Waals surface area contributed by atoms with E-state index in [4.69, 9.17) is 0 Å². The molecule has 1 heterocycles. The Morgan fingerprint density at radius 1 is 1.07 bits per heavy atom. The summed E-state index contributed by atoms with van der Waals surface area (Å²) in [4.78, 5) is 13.1. The summed E-state index contributed by atoms with van der Waals surface area (Å²) in [6.45, 7) is 4.86. The summed E-state index contributed by atoms with van der Waals surface area (Å²) in [5, 5.41) is 12.5. The lowest BCUT2D eigenvalue weighted by Crippen LogP contribution is -2.35. The highest BCUT2D eigenvalue weighted by Crippen LogP contribution is 2.40. The molecule has 0 bridgehead atoms. The van der Waals surface area contributed by atoms with E-state index in [0.29, 0.717) is 5.92 Å². The number of amides is 1. The second kappa shape index (κ2) is 8.82. The highest BCUT2D eigenvalue weighted by molar-refractivity contribution is 8.00. The molecule has 3 aromatic rings. The molecule has 0 radical (unpaired) electrons. The smallest absolute Gasteiger partial charge is 0.234 e. The molecule has 0 unspecified atom stereocenters. The first kappa shape index (κ1) is 19.7. The van der Waals surface area contributed by atoms with E-state index in [9.17, 15) is 4.79 Å². The molecule has 150 valence electrons. The lowest BCUT2D eigenvalue weighted by molar-refractivity contribution is -0.120. The highest BCUT2D eigenvalue weighted by atomic mass is 32.2. The second-order valence-electron chi connectivity index (χ2n) is 7.38. The molecule has 1 atom stereocenters. The van der Waals surface area contributed by atoms with Crippen LogP contribution in [-0.4, -0.2) is 25.9 Å². The average molecular weight is 407 g/mol. The van der Waals surface area contributed by atoms with Crippen LogP contribution < -0.4 is 5.32 Å². The first-order chi connectivity index (χ1) is 14.2. The lowest BCUT2D eigenvalue weighted by atomic mass is 9.98. The Morgan fingerprint density at radius 2 is 1.66 bits per heavy atom. The zero-order valence-corrected chi connectivity index (χ0v) is 17.6. The van der Waals surface area contributed by atoms with E-state index in [0.717, 1.165) is 28.7 Å². The number of carbonyl (C=O) groups is 1. The largest absolute Gasteiger partial charge is 0.344 e. The Labute approximate surface area is 175 Å². The van der Waals surface area contributed by atoms with E-state index in [2.05, 4.69) is 27.0 Å². The molecule has 1 aliphatic carbocycles. The number of nitrogens with zero attached hydrogens (tertiary/aromatic N) is 3. The summed E-state index contributed by atoms with van der Waals surface area (Å²) >= 11 is 1.48. The van der Waals surface area contributed by atoms with Gasteiger partial charge in [-0.3, -0.25) is 4.79 Å². The van der Waals surface area contributed by atoms with Crippen molar-refractivity contribution < 1.29 is 4.79 Å². The minimum absolute atomic E-state index is 0.00803. The molecule has 1 amide bonds. The van der Waals surface area contributed by atoms with Crippen molar-refractivity contribution in [3.63, 3.8) is 0 Å². The SMILES string of the molecule is CCn1c(S[C@H](C)C(=O)NC(c2ccccc2)c2ccccc2)nnc1C1CC1. The predicted molar refractivity (Wildman–Crippen MR) is 116 cm³/mol. The monoisotopic (exact) mass is 406 g/mol. The topological polar surface area (TPSA) is 59.8 Å². The maximum atomic E-state index is 13.1. The summed E-state index contributed by atoms with van der Waals surface area (Å²) in [6.07, 6.45) is 2.38. The van der Waals surface area contributed by atoms with Crippen molar-refractivity contribution in [3.05, 3.63) is 77.6 Å². The van der Waals surface area contributed by atoms with Gasteiger partial charge in [-0.05, 0) is 37.8 Å². The van der Waals surface area contributed by atoms with Crippen molar-refractivity contribution in [2.24, 2.45) is 0 Å². The molecule has 1 aromatic heterocycles. The highest BCUT2D eigenvalue weighted by Gasteiger charge is 2.31. The van der Waals surface area contributed by atoms with Gasteiger partial charge in [0.15, 0.2) is 5.16 Å². The van der Waals surface area contributed by atoms with Gasteiger partial charge in [0, 0.05) is 12.5 Å². The van der Waals surface area contributed by atoms with Crippen molar-refractivity contribution in [3.8, 4) is 0 Å². The van der Waals surface area contributed by atoms with E-state index < -0.39 is 0 Å². The number of thioether (sulfide) groups is 1. The van der Waals surface area contributed by atoms with Crippen LogP contribution >= 0.6 is 11.8 Å². The van der Waals surface area contributed by atoms with E-state index in [1.54, 1.807) is 0 Å². The molecule has 4 rings (SSSR count). The molecule has 0 spiro atoms. The van der Waals surface area contributed by atoms with Gasteiger partial charge in [0.2, 0.25) is 5.91 Å². The fourth-order valence-corrected chi connectivity index (χ4v) is 4.38. The third-order valence-corrected chi connectivity index (χ3v) is 6.29. The third kappa shape index (κ3) is 4.53. The van der Waals surface area contributed by atoms with Crippen molar-refractivity contribution >= 4 is 17.7 Å². The number of hydrogen-bond donors (Lipinski definition) is 1. The number of benzene rings is 2. The second-order valence-corrected chi connectivity index (χ2v) is 8.69. The molecule has 0 saturated heterocycles. The molecule has 6 heteroatoms. The Hall–Kier alpha value is -2.60. The van der Waals surface area contributed by atoms with Crippen LogP contribution in [-0.2, 0) is 11.3 Å². The van der Waals surface area contributed by atoms with Crippen molar-refractivity contribution in [1.82, 2.24) is 20.1 Å².